The maximum Gasteiger partial charge on any atom is 0.158 e. The highest BCUT2D eigenvalue weighted by Crippen LogP contribution is 2.20. The number of hydrogen-bond acceptors (Lipinski definition) is 3. The van der Waals surface area contributed by atoms with E-state index in [1.807, 2.05) is 36.0 Å². The molecule has 0 atom stereocenters. The van der Waals surface area contributed by atoms with Crippen molar-refractivity contribution in [2.45, 2.75) is 0 Å². The van der Waals surface area contributed by atoms with Gasteiger partial charge in [0.2, 0.25) is 0 Å². The van der Waals surface area contributed by atoms with Crippen molar-refractivity contribution in [3.63, 3.8) is 0 Å². The third-order valence-corrected chi connectivity index (χ3v) is 2.45. The number of aromatic amines is 1. The molecule has 0 saturated heterocycles. The van der Waals surface area contributed by atoms with E-state index in [2.05, 4.69) is 15.0 Å². The standard InChI is InChI=1S/C11H11N5/c1-16-5-10(13-6-16)11-14-8-3-2-7(12)4-9(8)15-11/h2-6H,12H2,1H3,(H,14,15). The van der Waals surface area contributed by atoms with E-state index in [1.165, 1.54) is 0 Å². The highest BCUT2D eigenvalue weighted by molar-refractivity contribution is 5.81. The van der Waals surface area contributed by atoms with Gasteiger partial charge in [0.25, 0.3) is 0 Å². The van der Waals surface area contributed by atoms with E-state index in [1.54, 1.807) is 6.33 Å². The molecule has 5 heteroatoms. The fraction of sp³-hybridized carbons (Fsp3) is 0.0909. The maximum atomic E-state index is 5.71. The molecule has 0 aliphatic rings. The molecule has 1 aromatic carbocycles. The first-order chi connectivity index (χ1) is 7.72. The fourth-order valence-corrected chi connectivity index (χ4v) is 1.68. The first kappa shape index (κ1) is 8.96. The van der Waals surface area contributed by atoms with Crippen molar-refractivity contribution in [3.8, 4) is 11.5 Å². The van der Waals surface area contributed by atoms with Crippen LogP contribution in [-0.2, 0) is 7.05 Å². The number of anilines is 1. The molecule has 5 nitrogen and oxygen atoms in total. The SMILES string of the molecule is Cn1cnc(-c2nc3ccc(N)cc3[nH]2)c1. The number of H-pyrrole nitrogens is 1. The van der Waals surface area contributed by atoms with Crippen LogP contribution >= 0.6 is 0 Å². The second-order valence-electron chi connectivity index (χ2n) is 3.79. The summed E-state index contributed by atoms with van der Waals surface area (Å²) in [5.41, 5.74) is 9.09. The summed E-state index contributed by atoms with van der Waals surface area (Å²) in [6.07, 6.45) is 3.66. The van der Waals surface area contributed by atoms with Gasteiger partial charge in [0.15, 0.2) is 5.82 Å². The van der Waals surface area contributed by atoms with Gasteiger partial charge in [0.1, 0.15) is 5.69 Å². The molecule has 0 radical (unpaired) electrons. The number of rotatable bonds is 1. The monoisotopic (exact) mass is 213 g/mol. The fourth-order valence-electron chi connectivity index (χ4n) is 1.68. The van der Waals surface area contributed by atoms with Gasteiger partial charge in [-0.1, -0.05) is 0 Å². The lowest BCUT2D eigenvalue weighted by Crippen LogP contribution is -1.82. The number of benzene rings is 1. The Morgan fingerprint density at radius 1 is 1.38 bits per heavy atom. The van der Waals surface area contributed by atoms with Gasteiger partial charge in [-0.15, -0.1) is 0 Å². The number of nitrogens with two attached hydrogens (primary N) is 1. The van der Waals surface area contributed by atoms with Gasteiger partial charge in [0.05, 0.1) is 17.4 Å². The first-order valence-electron chi connectivity index (χ1n) is 4.96. The smallest absolute Gasteiger partial charge is 0.158 e. The van der Waals surface area contributed by atoms with Crippen molar-refractivity contribution < 1.29 is 0 Å². The van der Waals surface area contributed by atoms with Crippen molar-refractivity contribution in [2.24, 2.45) is 7.05 Å². The van der Waals surface area contributed by atoms with E-state index >= 15 is 0 Å². The minimum atomic E-state index is 0.726. The molecule has 2 aromatic heterocycles. The first-order valence-corrected chi connectivity index (χ1v) is 4.96. The van der Waals surface area contributed by atoms with Crippen LogP contribution in [0.3, 0.4) is 0 Å². The molecule has 0 aliphatic carbocycles. The number of nitrogens with one attached hydrogen (secondary N) is 1. The molecule has 0 saturated carbocycles. The molecule has 3 rings (SSSR count). The number of imidazole rings is 2. The zero-order chi connectivity index (χ0) is 11.1. The Hall–Kier alpha value is -2.30. The van der Waals surface area contributed by atoms with E-state index in [9.17, 15) is 0 Å². The molecule has 0 spiro atoms. The predicted molar refractivity (Wildman–Crippen MR) is 62.7 cm³/mol. The van der Waals surface area contributed by atoms with Crippen LogP contribution in [0.25, 0.3) is 22.6 Å². The topological polar surface area (TPSA) is 72.5 Å². The molecule has 3 aromatic rings. The summed E-state index contributed by atoms with van der Waals surface area (Å²) in [6, 6.07) is 5.60. The predicted octanol–water partition coefficient (Wildman–Crippen LogP) is 1.55. The lowest BCUT2D eigenvalue weighted by molar-refractivity contribution is 0.913. The Morgan fingerprint density at radius 3 is 3.00 bits per heavy atom. The van der Waals surface area contributed by atoms with E-state index in [0.29, 0.717) is 0 Å². The van der Waals surface area contributed by atoms with Crippen molar-refractivity contribution in [1.82, 2.24) is 19.5 Å². The Bertz CT molecular complexity index is 649. The molecule has 0 unspecified atom stereocenters. The van der Waals surface area contributed by atoms with Crippen LogP contribution in [0.15, 0.2) is 30.7 Å². The molecule has 16 heavy (non-hydrogen) atoms. The third kappa shape index (κ3) is 1.33. The Balaban J connectivity index is 2.18. The molecular weight excluding hydrogens is 202 g/mol. The summed E-state index contributed by atoms with van der Waals surface area (Å²) in [7, 11) is 1.93. The highest BCUT2D eigenvalue weighted by Gasteiger charge is 2.07. The molecule has 0 bridgehead atoms. The van der Waals surface area contributed by atoms with E-state index in [4.69, 9.17) is 5.73 Å². The lowest BCUT2D eigenvalue weighted by Gasteiger charge is -1.89. The number of aromatic nitrogens is 4. The quantitative estimate of drug-likeness (QED) is 0.602. The van der Waals surface area contributed by atoms with Gasteiger partial charge < -0.3 is 15.3 Å². The Kier molecular flexibility index (Phi) is 1.73. The van der Waals surface area contributed by atoms with Crippen molar-refractivity contribution >= 4 is 16.7 Å². The summed E-state index contributed by atoms with van der Waals surface area (Å²) >= 11 is 0. The van der Waals surface area contributed by atoms with Gasteiger partial charge >= 0.3 is 0 Å². The van der Waals surface area contributed by atoms with Crippen LogP contribution in [0.4, 0.5) is 5.69 Å². The van der Waals surface area contributed by atoms with Crippen LogP contribution in [0.1, 0.15) is 0 Å². The van der Waals surface area contributed by atoms with Gasteiger partial charge in [0, 0.05) is 18.9 Å². The third-order valence-electron chi connectivity index (χ3n) is 2.45. The molecular formula is C11H11N5. The zero-order valence-electron chi connectivity index (χ0n) is 8.81. The molecule has 0 amide bonds. The highest BCUT2D eigenvalue weighted by atomic mass is 15.0. The zero-order valence-corrected chi connectivity index (χ0v) is 8.81. The van der Waals surface area contributed by atoms with Crippen molar-refractivity contribution in [3.05, 3.63) is 30.7 Å². The van der Waals surface area contributed by atoms with Gasteiger partial charge in [-0.05, 0) is 18.2 Å². The number of nitrogens with zero attached hydrogens (tertiary/aromatic N) is 3. The normalized spacial score (nSPS) is 11.1. The summed E-state index contributed by atoms with van der Waals surface area (Å²) in [6.45, 7) is 0. The second kappa shape index (κ2) is 3.10. The number of fused-ring (bicyclic) bond motifs is 1. The van der Waals surface area contributed by atoms with Crippen LogP contribution in [-0.4, -0.2) is 19.5 Å². The van der Waals surface area contributed by atoms with Crippen LogP contribution in [0.5, 0.6) is 0 Å². The number of hydrogen-bond donors (Lipinski definition) is 2. The molecule has 80 valence electrons. The molecule has 0 aliphatic heterocycles. The average molecular weight is 213 g/mol. The summed E-state index contributed by atoms with van der Waals surface area (Å²) in [5, 5.41) is 0. The summed E-state index contributed by atoms with van der Waals surface area (Å²) in [5.74, 6) is 0.765. The summed E-state index contributed by atoms with van der Waals surface area (Å²) < 4.78 is 1.89. The van der Waals surface area contributed by atoms with E-state index in [0.717, 1.165) is 28.2 Å². The minimum absolute atomic E-state index is 0.726. The van der Waals surface area contributed by atoms with Crippen LogP contribution < -0.4 is 5.73 Å². The van der Waals surface area contributed by atoms with Crippen LogP contribution in [0, 0.1) is 0 Å². The summed E-state index contributed by atoms with van der Waals surface area (Å²) in [4.78, 5) is 11.9. The van der Waals surface area contributed by atoms with Gasteiger partial charge in [-0.3, -0.25) is 0 Å². The maximum absolute atomic E-state index is 5.71. The van der Waals surface area contributed by atoms with Crippen molar-refractivity contribution in [2.75, 3.05) is 5.73 Å². The van der Waals surface area contributed by atoms with Crippen LogP contribution in [0.2, 0.25) is 0 Å². The Labute approximate surface area is 91.9 Å². The molecule has 0 fully saturated rings. The largest absolute Gasteiger partial charge is 0.399 e. The molecule has 3 N–H and O–H groups in total. The van der Waals surface area contributed by atoms with Gasteiger partial charge in [-0.25, -0.2) is 9.97 Å². The Morgan fingerprint density at radius 2 is 2.25 bits per heavy atom. The van der Waals surface area contributed by atoms with Crippen molar-refractivity contribution in [1.29, 1.82) is 0 Å². The van der Waals surface area contributed by atoms with E-state index in [-0.39, 0.29) is 0 Å². The van der Waals surface area contributed by atoms with Gasteiger partial charge in [-0.2, -0.15) is 0 Å². The lowest BCUT2D eigenvalue weighted by atomic mass is 10.3. The second-order valence-corrected chi connectivity index (χ2v) is 3.79. The number of aryl methyl sites for hydroxylation is 1. The molecule has 2 heterocycles. The average Bonchev–Trinajstić information content (AvgIpc) is 2.83. The number of nitrogen functional groups attached to an aromatic ring is 1. The van der Waals surface area contributed by atoms with E-state index < -0.39 is 0 Å². The minimum Gasteiger partial charge on any atom is -0.399 e.